The predicted octanol–water partition coefficient (Wildman–Crippen LogP) is 1.33. The molecule has 3 N–H and O–H groups in total. The number of nitrogens with zero attached hydrogens (tertiary/aromatic N) is 1. The summed E-state index contributed by atoms with van der Waals surface area (Å²) in [6.45, 7) is 0.324. The van der Waals surface area contributed by atoms with Crippen molar-refractivity contribution >= 4 is 29.1 Å². The highest BCUT2D eigenvalue weighted by atomic mass is 32.1. The van der Waals surface area contributed by atoms with Crippen LogP contribution in [0.3, 0.4) is 0 Å². The predicted molar refractivity (Wildman–Crippen MR) is 107 cm³/mol. The topological polar surface area (TPSA) is 102 Å². The average molecular weight is 416 g/mol. The minimum absolute atomic E-state index is 0.125. The Morgan fingerprint density at radius 3 is 2.79 bits per heavy atom. The van der Waals surface area contributed by atoms with Gasteiger partial charge in [-0.15, -0.1) is 11.3 Å². The van der Waals surface area contributed by atoms with Crippen LogP contribution in [-0.2, 0) is 25.7 Å². The van der Waals surface area contributed by atoms with Gasteiger partial charge in [-0.2, -0.15) is 0 Å². The van der Waals surface area contributed by atoms with Gasteiger partial charge in [0.05, 0.1) is 24.5 Å². The number of likely N-dealkylation sites (tertiary alicyclic amines) is 1. The molecule has 3 fully saturated rings. The van der Waals surface area contributed by atoms with Crippen molar-refractivity contribution in [1.82, 2.24) is 10.2 Å². The second-order valence-corrected chi connectivity index (χ2v) is 9.52. The Hall–Kier alpha value is -2.19. The number of hydrogen-bond donors (Lipinski definition) is 2. The monoisotopic (exact) mass is 415 g/mol. The van der Waals surface area contributed by atoms with Crippen molar-refractivity contribution in [3.63, 3.8) is 0 Å². The van der Waals surface area contributed by atoms with Crippen molar-refractivity contribution in [2.45, 2.75) is 62.4 Å². The van der Waals surface area contributed by atoms with Crippen molar-refractivity contribution < 1.29 is 19.1 Å². The lowest BCUT2D eigenvalue weighted by atomic mass is 9.74. The number of fused-ring (bicyclic) bond motifs is 1. The summed E-state index contributed by atoms with van der Waals surface area (Å²) in [5.74, 6) is -2.44. The molecule has 154 valence electrons. The van der Waals surface area contributed by atoms with Gasteiger partial charge in [-0.3, -0.25) is 14.4 Å². The van der Waals surface area contributed by atoms with Crippen LogP contribution in [-0.4, -0.2) is 46.4 Å². The summed E-state index contributed by atoms with van der Waals surface area (Å²) in [6, 6.07) is 3.19. The number of nitrogens with two attached hydrogens (primary N) is 1. The van der Waals surface area contributed by atoms with Crippen LogP contribution < -0.4 is 11.1 Å². The number of amides is 3. The van der Waals surface area contributed by atoms with E-state index in [0.29, 0.717) is 6.54 Å². The molecule has 4 heterocycles. The zero-order valence-electron chi connectivity index (χ0n) is 16.1. The number of rotatable bonds is 5. The van der Waals surface area contributed by atoms with E-state index in [9.17, 15) is 14.4 Å². The number of thiophene rings is 1. The van der Waals surface area contributed by atoms with Crippen LogP contribution in [0.1, 0.15) is 37.0 Å². The van der Waals surface area contributed by atoms with E-state index in [4.69, 9.17) is 10.5 Å². The highest BCUT2D eigenvalue weighted by Crippen LogP contribution is 2.55. The Kier molecular flexibility index (Phi) is 4.51. The van der Waals surface area contributed by atoms with Crippen LogP contribution in [0.2, 0.25) is 0 Å². The molecule has 8 heteroatoms. The van der Waals surface area contributed by atoms with E-state index in [1.165, 1.54) is 17.8 Å². The molecular formula is C21H25N3O4S. The van der Waals surface area contributed by atoms with Gasteiger partial charge in [0.1, 0.15) is 11.6 Å². The van der Waals surface area contributed by atoms with Crippen molar-refractivity contribution in [2.24, 2.45) is 17.6 Å². The Balaban J connectivity index is 1.49. The number of hydrogen-bond acceptors (Lipinski definition) is 5. The maximum atomic E-state index is 13.5. The van der Waals surface area contributed by atoms with E-state index in [-0.39, 0.29) is 17.9 Å². The summed E-state index contributed by atoms with van der Waals surface area (Å²) >= 11 is 1.54. The molecule has 3 aliphatic heterocycles. The summed E-state index contributed by atoms with van der Waals surface area (Å²) in [4.78, 5) is 41.6. The van der Waals surface area contributed by atoms with Gasteiger partial charge >= 0.3 is 0 Å². The SMILES string of the molecule is NC(=O)[C@H]1[C@H]2C=C[C@]3(O2)[C@H](C(=O)NC2CCCCC2)N(Cc2cccs2)C(=O)[C@@H]13. The lowest BCUT2D eigenvalue weighted by molar-refractivity contribution is -0.142. The van der Waals surface area contributed by atoms with Gasteiger partial charge in [-0.1, -0.05) is 37.5 Å². The van der Waals surface area contributed by atoms with Gasteiger partial charge in [0, 0.05) is 10.9 Å². The fraction of sp³-hybridized carbons (Fsp3) is 0.571. The van der Waals surface area contributed by atoms with Gasteiger partial charge in [-0.05, 0) is 24.3 Å². The maximum absolute atomic E-state index is 13.5. The van der Waals surface area contributed by atoms with E-state index >= 15 is 0 Å². The first-order valence-corrected chi connectivity index (χ1v) is 11.2. The maximum Gasteiger partial charge on any atom is 0.246 e. The van der Waals surface area contributed by atoms with E-state index < -0.39 is 35.5 Å². The smallest absolute Gasteiger partial charge is 0.246 e. The molecule has 1 aromatic heterocycles. The third-order valence-corrected chi connectivity index (χ3v) is 7.67. The van der Waals surface area contributed by atoms with E-state index in [0.717, 1.165) is 30.6 Å². The molecule has 2 bridgehead atoms. The molecule has 2 saturated heterocycles. The average Bonchev–Trinajstić information content (AvgIpc) is 3.45. The molecule has 1 spiro atoms. The first-order valence-electron chi connectivity index (χ1n) is 10.3. The molecule has 1 saturated carbocycles. The standard InChI is InChI=1S/C21H25N3O4S/c22-18(25)15-14-8-9-21(28-14)16(15)20(27)24(11-13-7-4-10-29-13)17(21)19(26)23-12-5-2-1-3-6-12/h4,7-10,12,14-17H,1-3,5-6,11H2,(H2,22,25)(H,23,26)/t14-,15+,16-,17+,21-/m1/s1. The molecule has 0 aromatic carbocycles. The Morgan fingerprint density at radius 1 is 1.31 bits per heavy atom. The van der Waals surface area contributed by atoms with Gasteiger partial charge in [0.2, 0.25) is 17.7 Å². The molecule has 0 radical (unpaired) electrons. The first kappa shape index (κ1) is 18.8. The summed E-state index contributed by atoms with van der Waals surface area (Å²) in [6.07, 6.45) is 8.38. The summed E-state index contributed by atoms with van der Waals surface area (Å²) in [5, 5.41) is 5.11. The Morgan fingerprint density at radius 2 is 2.10 bits per heavy atom. The highest BCUT2D eigenvalue weighted by molar-refractivity contribution is 7.09. The zero-order chi connectivity index (χ0) is 20.2. The fourth-order valence-corrected chi connectivity index (χ4v) is 6.26. The molecule has 0 unspecified atom stereocenters. The molecular weight excluding hydrogens is 390 g/mol. The van der Waals surface area contributed by atoms with Crippen molar-refractivity contribution in [3.8, 4) is 0 Å². The molecule has 1 aliphatic carbocycles. The lowest BCUT2D eigenvalue weighted by Gasteiger charge is -2.34. The molecule has 5 atom stereocenters. The first-order chi connectivity index (χ1) is 14.0. The summed E-state index contributed by atoms with van der Waals surface area (Å²) in [7, 11) is 0. The van der Waals surface area contributed by atoms with Gasteiger partial charge in [0.25, 0.3) is 0 Å². The number of nitrogens with one attached hydrogen (secondary N) is 1. The van der Waals surface area contributed by atoms with Crippen molar-refractivity contribution in [3.05, 3.63) is 34.5 Å². The lowest BCUT2D eigenvalue weighted by Crippen LogP contribution is -2.56. The number of carbonyl (C=O) groups excluding carboxylic acids is 3. The third-order valence-electron chi connectivity index (χ3n) is 6.81. The van der Waals surface area contributed by atoms with Crippen molar-refractivity contribution in [2.75, 3.05) is 0 Å². The Labute approximate surface area is 173 Å². The van der Waals surface area contributed by atoms with Gasteiger partial charge in [0.15, 0.2) is 0 Å². The number of ether oxygens (including phenoxy) is 1. The molecule has 5 rings (SSSR count). The minimum atomic E-state index is -1.11. The van der Waals surface area contributed by atoms with Crippen molar-refractivity contribution in [1.29, 1.82) is 0 Å². The summed E-state index contributed by atoms with van der Waals surface area (Å²) < 4.78 is 6.17. The molecule has 7 nitrogen and oxygen atoms in total. The minimum Gasteiger partial charge on any atom is -0.369 e. The third kappa shape index (κ3) is 2.84. The fourth-order valence-electron chi connectivity index (χ4n) is 5.56. The summed E-state index contributed by atoms with van der Waals surface area (Å²) in [5.41, 5.74) is 4.52. The second-order valence-electron chi connectivity index (χ2n) is 8.49. The van der Waals surface area contributed by atoms with Crippen LogP contribution in [0.15, 0.2) is 29.7 Å². The molecule has 29 heavy (non-hydrogen) atoms. The molecule has 4 aliphatic rings. The number of primary amides is 1. The quantitative estimate of drug-likeness (QED) is 0.709. The largest absolute Gasteiger partial charge is 0.369 e. The molecule has 1 aromatic rings. The zero-order valence-corrected chi connectivity index (χ0v) is 16.9. The van der Waals surface area contributed by atoms with E-state index in [1.807, 2.05) is 23.6 Å². The van der Waals surface area contributed by atoms with Crippen LogP contribution >= 0.6 is 11.3 Å². The van der Waals surface area contributed by atoms with E-state index in [2.05, 4.69) is 5.32 Å². The van der Waals surface area contributed by atoms with Crippen LogP contribution in [0.5, 0.6) is 0 Å². The van der Waals surface area contributed by atoms with Gasteiger partial charge < -0.3 is 20.7 Å². The van der Waals surface area contributed by atoms with Crippen LogP contribution in [0.4, 0.5) is 0 Å². The normalized spacial score (nSPS) is 35.9. The van der Waals surface area contributed by atoms with E-state index in [1.54, 1.807) is 11.0 Å². The van der Waals surface area contributed by atoms with Crippen LogP contribution in [0.25, 0.3) is 0 Å². The Bertz CT molecular complexity index is 863. The highest BCUT2D eigenvalue weighted by Gasteiger charge is 2.72. The second kappa shape index (κ2) is 6.95. The van der Waals surface area contributed by atoms with Gasteiger partial charge in [-0.25, -0.2) is 0 Å². The molecule has 3 amide bonds. The number of carbonyl (C=O) groups is 3. The van der Waals surface area contributed by atoms with Crippen LogP contribution in [0, 0.1) is 11.8 Å².